The van der Waals surface area contributed by atoms with Crippen molar-refractivity contribution in [1.29, 1.82) is 0 Å². The Hall–Kier alpha value is -1.75. The lowest BCUT2D eigenvalue weighted by atomic mass is 10.1. The number of methoxy groups -OCH3 is 1. The number of unbranched alkanes of at least 4 members (excludes halogenated alkanes) is 2. The zero-order valence-corrected chi connectivity index (χ0v) is 15.2. The minimum absolute atomic E-state index is 0.249. The van der Waals surface area contributed by atoms with Gasteiger partial charge in [-0.3, -0.25) is 4.99 Å². The molecule has 1 unspecified atom stereocenters. The van der Waals surface area contributed by atoms with Crippen LogP contribution in [-0.4, -0.2) is 52.2 Å². The van der Waals surface area contributed by atoms with E-state index in [2.05, 4.69) is 53.7 Å². The summed E-state index contributed by atoms with van der Waals surface area (Å²) in [4.78, 5) is 6.50. The number of nitrogens with one attached hydrogen (secondary N) is 2. The van der Waals surface area contributed by atoms with Crippen molar-refractivity contribution >= 4 is 5.96 Å². The number of aliphatic imine (C=N–C) groups is 1. The second kappa shape index (κ2) is 10.9. The van der Waals surface area contributed by atoms with Gasteiger partial charge in [-0.05, 0) is 38.2 Å². The molecule has 2 N–H and O–H groups in total. The lowest BCUT2D eigenvalue weighted by molar-refractivity contribution is 0.297. The fraction of sp³-hybridized carbons (Fsp3) is 0.611. The number of benzene rings is 1. The largest absolute Gasteiger partial charge is 0.497 e. The van der Waals surface area contributed by atoms with Crippen LogP contribution in [0, 0.1) is 0 Å². The van der Waals surface area contributed by atoms with Crippen molar-refractivity contribution in [3.8, 4) is 5.75 Å². The topological polar surface area (TPSA) is 48.9 Å². The van der Waals surface area contributed by atoms with Gasteiger partial charge in [-0.15, -0.1) is 0 Å². The van der Waals surface area contributed by atoms with E-state index in [9.17, 15) is 0 Å². The zero-order chi connectivity index (χ0) is 17.1. The lowest BCUT2D eigenvalue weighted by Gasteiger charge is -2.26. The van der Waals surface area contributed by atoms with E-state index in [-0.39, 0.29) is 6.04 Å². The second-order valence-corrected chi connectivity index (χ2v) is 5.84. The molecule has 0 amide bonds. The molecule has 130 valence electrons. The van der Waals surface area contributed by atoms with Crippen molar-refractivity contribution in [2.75, 3.05) is 41.3 Å². The summed E-state index contributed by atoms with van der Waals surface area (Å²) >= 11 is 0. The molecule has 0 aliphatic carbocycles. The van der Waals surface area contributed by atoms with E-state index >= 15 is 0 Å². The van der Waals surface area contributed by atoms with Gasteiger partial charge in [0.05, 0.1) is 13.2 Å². The predicted octanol–water partition coefficient (Wildman–Crippen LogP) is 2.65. The van der Waals surface area contributed by atoms with E-state index < -0.39 is 0 Å². The SMILES string of the molecule is CCCCCNC(=NC)NCC(c1cccc(OC)c1)N(C)C. The molecular formula is C18H32N4O. The molecule has 0 heterocycles. The van der Waals surface area contributed by atoms with E-state index in [1.165, 1.54) is 24.8 Å². The van der Waals surface area contributed by atoms with Gasteiger partial charge in [-0.1, -0.05) is 31.9 Å². The highest BCUT2D eigenvalue weighted by Crippen LogP contribution is 2.21. The van der Waals surface area contributed by atoms with Crippen molar-refractivity contribution < 1.29 is 4.74 Å². The molecule has 0 spiro atoms. The fourth-order valence-corrected chi connectivity index (χ4v) is 2.44. The molecule has 0 fully saturated rings. The molecule has 1 atom stereocenters. The van der Waals surface area contributed by atoms with Gasteiger partial charge >= 0.3 is 0 Å². The van der Waals surface area contributed by atoms with E-state index in [0.717, 1.165) is 24.8 Å². The highest BCUT2D eigenvalue weighted by Gasteiger charge is 2.15. The maximum Gasteiger partial charge on any atom is 0.191 e. The fourth-order valence-electron chi connectivity index (χ4n) is 2.44. The Bertz CT molecular complexity index is 474. The summed E-state index contributed by atoms with van der Waals surface area (Å²) in [5.41, 5.74) is 1.23. The summed E-state index contributed by atoms with van der Waals surface area (Å²) in [6, 6.07) is 8.47. The van der Waals surface area contributed by atoms with E-state index in [0.29, 0.717) is 0 Å². The van der Waals surface area contributed by atoms with Gasteiger partial charge in [0.15, 0.2) is 5.96 Å². The Morgan fingerprint density at radius 3 is 2.65 bits per heavy atom. The molecule has 1 rings (SSSR count). The Morgan fingerprint density at radius 2 is 2.04 bits per heavy atom. The van der Waals surface area contributed by atoms with Crippen LogP contribution in [0.1, 0.15) is 37.8 Å². The summed E-state index contributed by atoms with van der Waals surface area (Å²) in [6.07, 6.45) is 3.64. The van der Waals surface area contributed by atoms with Gasteiger partial charge in [0.25, 0.3) is 0 Å². The van der Waals surface area contributed by atoms with Gasteiger partial charge in [-0.2, -0.15) is 0 Å². The van der Waals surface area contributed by atoms with Crippen LogP contribution < -0.4 is 15.4 Å². The van der Waals surface area contributed by atoms with E-state index in [1.807, 2.05) is 19.2 Å². The van der Waals surface area contributed by atoms with Crippen LogP contribution in [-0.2, 0) is 0 Å². The van der Waals surface area contributed by atoms with Crippen LogP contribution in [0.5, 0.6) is 5.75 Å². The Kier molecular flexibility index (Phi) is 9.14. The smallest absolute Gasteiger partial charge is 0.191 e. The van der Waals surface area contributed by atoms with E-state index in [1.54, 1.807) is 7.11 Å². The molecule has 1 aromatic carbocycles. The standard InChI is InChI=1S/C18H32N4O/c1-6-7-8-12-20-18(19-2)21-14-17(22(3)4)15-10-9-11-16(13-15)23-5/h9-11,13,17H,6-8,12,14H2,1-5H3,(H2,19,20,21). The first kappa shape index (κ1) is 19.3. The second-order valence-electron chi connectivity index (χ2n) is 5.84. The third-order valence-corrected chi connectivity index (χ3v) is 3.86. The number of guanidine groups is 1. The number of rotatable bonds is 9. The highest BCUT2D eigenvalue weighted by atomic mass is 16.5. The van der Waals surface area contributed by atoms with Crippen molar-refractivity contribution in [2.45, 2.75) is 32.2 Å². The van der Waals surface area contributed by atoms with Crippen molar-refractivity contribution in [3.05, 3.63) is 29.8 Å². The quantitative estimate of drug-likeness (QED) is 0.417. The first-order valence-electron chi connectivity index (χ1n) is 8.37. The average molecular weight is 320 g/mol. The van der Waals surface area contributed by atoms with Crippen molar-refractivity contribution in [3.63, 3.8) is 0 Å². The van der Waals surface area contributed by atoms with Gasteiger partial charge in [0.2, 0.25) is 0 Å². The van der Waals surface area contributed by atoms with E-state index in [4.69, 9.17) is 4.74 Å². The number of ether oxygens (including phenoxy) is 1. The lowest BCUT2D eigenvalue weighted by Crippen LogP contribution is -2.42. The van der Waals surface area contributed by atoms with Crippen molar-refractivity contribution in [1.82, 2.24) is 15.5 Å². The molecular weight excluding hydrogens is 288 g/mol. The third kappa shape index (κ3) is 6.91. The molecule has 0 bridgehead atoms. The molecule has 0 saturated carbocycles. The van der Waals surface area contributed by atoms with Crippen LogP contribution >= 0.6 is 0 Å². The Labute approximate surface area is 141 Å². The Morgan fingerprint density at radius 1 is 1.26 bits per heavy atom. The number of nitrogens with zero attached hydrogens (tertiary/aromatic N) is 2. The van der Waals surface area contributed by atoms with Crippen molar-refractivity contribution in [2.24, 2.45) is 4.99 Å². The summed E-state index contributed by atoms with van der Waals surface area (Å²) in [7, 11) is 7.68. The zero-order valence-electron chi connectivity index (χ0n) is 15.2. The molecule has 5 nitrogen and oxygen atoms in total. The minimum atomic E-state index is 0.249. The first-order chi connectivity index (χ1) is 11.1. The maximum absolute atomic E-state index is 5.33. The average Bonchev–Trinajstić information content (AvgIpc) is 2.56. The third-order valence-electron chi connectivity index (χ3n) is 3.86. The number of hydrogen-bond acceptors (Lipinski definition) is 3. The Balaban J connectivity index is 2.61. The highest BCUT2D eigenvalue weighted by molar-refractivity contribution is 5.79. The summed E-state index contributed by atoms with van der Waals surface area (Å²) < 4.78 is 5.33. The van der Waals surface area contributed by atoms with Crippen LogP contribution in [0.2, 0.25) is 0 Å². The van der Waals surface area contributed by atoms with Crippen LogP contribution in [0.15, 0.2) is 29.3 Å². The van der Waals surface area contributed by atoms with Gasteiger partial charge < -0.3 is 20.3 Å². The molecule has 1 aromatic rings. The van der Waals surface area contributed by atoms with Gasteiger partial charge in [-0.25, -0.2) is 0 Å². The predicted molar refractivity (Wildman–Crippen MR) is 98.3 cm³/mol. The van der Waals surface area contributed by atoms with Crippen LogP contribution in [0.3, 0.4) is 0 Å². The molecule has 0 aliphatic rings. The summed E-state index contributed by atoms with van der Waals surface area (Å²) in [5.74, 6) is 1.74. The van der Waals surface area contributed by atoms with Gasteiger partial charge in [0.1, 0.15) is 5.75 Å². The first-order valence-corrected chi connectivity index (χ1v) is 8.37. The number of hydrogen-bond donors (Lipinski definition) is 2. The molecule has 0 aromatic heterocycles. The molecule has 23 heavy (non-hydrogen) atoms. The molecule has 0 radical (unpaired) electrons. The molecule has 0 aliphatic heterocycles. The summed E-state index contributed by atoms with van der Waals surface area (Å²) in [6.45, 7) is 3.95. The van der Waals surface area contributed by atoms with Crippen LogP contribution in [0.25, 0.3) is 0 Å². The minimum Gasteiger partial charge on any atom is -0.497 e. The van der Waals surface area contributed by atoms with Crippen LogP contribution in [0.4, 0.5) is 0 Å². The maximum atomic E-state index is 5.33. The monoisotopic (exact) mass is 320 g/mol. The number of likely N-dealkylation sites (N-methyl/N-ethyl adjacent to an activating group) is 1. The summed E-state index contributed by atoms with van der Waals surface area (Å²) in [5, 5.41) is 6.79. The molecule has 5 heteroatoms. The van der Waals surface area contributed by atoms with Gasteiger partial charge in [0, 0.05) is 20.1 Å². The normalized spacial score (nSPS) is 13.0. The molecule has 0 saturated heterocycles.